The molecule has 0 aromatic heterocycles. The zero-order valence-electron chi connectivity index (χ0n) is 18.4. The average Bonchev–Trinajstić information content (AvgIpc) is 2.65. The number of likely N-dealkylation sites (tertiary alicyclic amines) is 1. The molecule has 156 valence electrons. The maximum Gasteiger partial charge on any atom is 0.255 e. The average molecular weight is 412 g/mol. The fourth-order valence-corrected chi connectivity index (χ4v) is 5.68. The number of rotatable bonds is 7. The van der Waals surface area contributed by atoms with Crippen LogP contribution in [-0.4, -0.2) is 37.6 Å². The minimum Gasteiger partial charge on any atom is -0.387 e. The van der Waals surface area contributed by atoms with Crippen molar-refractivity contribution in [2.45, 2.75) is 58.3 Å². The number of carbonyl (C=O) groups excluding carboxylic acids is 1. The normalized spacial score (nSPS) is 24.4. The Morgan fingerprint density at radius 1 is 1.03 bits per heavy atom. The molecule has 1 amide bonds. The van der Waals surface area contributed by atoms with E-state index < -0.39 is 14.1 Å². The molecule has 1 fully saturated rings. The van der Waals surface area contributed by atoms with Gasteiger partial charge in [0.25, 0.3) is 5.91 Å². The summed E-state index contributed by atoms with van der Waals surface area (Å²) in [4.78, 5) is 15.6. The Morgan fingerprint density at radius 2 is 1.59 bits per heavy atom. The predicted molar refractivity (Wildman–Crippen MR) is 119 cm³/mol. The Morgan fingerprint density at radius 3 is 2.07 bits per heavy atom. The zero-order chi connectivity index (χ0) is 21.2. The van der Waals surface area contributed by atoms with Crippen molar-refractivity contribution in [3.05, 3.63) is 71.8 Å². The van der Waals surface area contributed by atoms with E-state index in [0.29, 0.717) is 12.2 Å². The summed E-state index contributed by atoms with van der Waals surface area (Å²) in [7, 11) is -1.97. The molecule has 0 N–H and O–H groups in total. The molecule has 29 heavy (non-hydrogen) atoms. The summed E-state index contributed by atoms with van der Waals surface area (Å²) in [5.41, 5.74) is 1.73. The van der Waals surface area contributed by atoms with Gasteiger partial charge in [-0.3, -0.25) is 4.79 Å². The van der Waals surface area contributed by atoms with E-state index in [1.165, 1.54) is 0 Å². The number of benzene rings is 2. The standard InChI is InChI=1S/C24H33NO3Si/c1-7-27-24(28-29(4,5)6)21(18(2)3)25(22(24)19-14-10-8-11-15-19)23(26)20-16-12-9-13-17-20/h8-18,21-22H,7H2,1-6H3/t21-,22+,24+/m0/s1. The molecular formula is C24H33NO3Si. The summed E-state index contributed by atoms with van der Waals surface area (Å²) >= 11 is 0. The molecule has 3 rings (SSSR count). The van der Waals surface area contributed by atoms with Gasteiger partial charge >= 0.3 is 0 Å². The summed E-state index contributed by atoms with van der Waals surface area (Å²) < 4.78 is 13.2. The third-order valence-electron chi connectivity index (χ3n) is 5.21. The maximum absolute atomic E-state index is 13.6. The summed E-state index contributed by atoms with van der Waals surface area (Å²) in [6.07, 6.45) is 0. The van der Waals surface area contributed by atoms with E-state index in [-0.39, 0.29) is 23.9 Å². The molecule has 5 heteroatoms. The molecule has 0 bridgehead atoms. The number of nitrogens with zero attached hydrogens (tertiary/aromatic N) is 1. The Bertz CT molecular complexity index is 819. The third-order valence-corrected chi connectivity index (χ3v) is 6.14. The van der Waals surface area contributed by atoms with E-state index in [9.17, 15) is 4.79 Å². The molecule has 2 aromatic rings. The van der Waals surface area contributed by atoms with Crippen molar-refractivity contribution in [2.75, 3.05) is 6.61 Å². The van der Waals surface area contributed by atoms with Crippen molar-refractivity contribution in [3.8, 4) is 0 Å². The van der Waals surface area contributed by atoms with Crippen LogP contribution < -0.4 is 0 Å². The minimum absolute atomic E-state index is 0.0210. The molecular weight excluding hydrogens is 378 g/mol. The van der Waals surface area contributed by atoms with Crippen LogP contribution in [0.3, 0.4) is 0 Å². The van der Waals surface area contributed by atoms with E-state index in [1.807, 2.05) is 60.4 Å². The lowest BCUT2D eigenvalue weighted by Gasteiger charge is -2.64. The van der Waals surface area contributed by atoms with Crippen LogP contribution in [0.4, 0.5) is 0 Å². The molecule has 1 aliphatic rings. The van der Waals surface area contributed by atoms with E-state index in [4.69, 9.17) is 9.16 Å². The summed E-state index contributed by atoms with van der Waals surface area (Å²) in [6, 6.07) is 19.2. The fourth-order valence-electron chi connectivity index (χ4n) is 4.43. The molecule has 0 unspecified atom stereocenters. The maximum atomic E-state index is 13.6. The van der Waals surface area contributed by atoms with Gasteiger partial charge in [0.05, 0.1) is 6.04 Å². The van der Waals surface area contributed by atoms with Gasteiger partial charge in [0.2, 0.25) is 5.79 Å². The van der Waals surface area contributed by atoms with Crippen molar-refractivity contribution >= 4 is 14.2 Å². The van der Waals surface area contributed by atoms with Gasteiger partial charge in [0, 0.05) is 12.2 Å². The van der Waals surface area contributed by atoms with E-state index in [1.54, 1.807) is 0 Å². The Labute approximate surface area is 176 Å². The Hall–Kier alpha value is -1.95. The summed E-state index contributed by atoms with van der Waals surface area (Å²) in [6.45, 7) is 13.3. The first-order valence-electron chi connectivity index (χ1n) is 10.5. The van der Waals surface area contributed by atoms with Crippen LogP contribution in [-0.2, 0) is 9.16 Å². The van der Waals surface area contributed by atoms with Gasteiger partial charge in [0.15, 0.2) is 8.32 Å². The molecule has 0 saturated carbocycles. The van der Waals surface area contributed by atoms with Gasteiger partial charge < -0.3 is 14.1 Å². The number of hydrogen-bond donors (Lipinski definition) is 0. The molecule has 0 radical (unpaired) electrons. The largest absolute Gasteiger partial charge is 0.387 e. The number of hydrogen-bond acceptors (Lipinski definition) is 3. The zero-order valence-corrected chi connectivity index (χ0v) is 19.4. The lowest BCUT2D eigenvalue weighted by Crippen LogP contribution is -2.77. The molecule has 2 aromatic carbocycles. The van der Waals surface area contributed by atoms with Crippen LogP contribution in [0.15, 0.2) is 60.7 Å². The molecule has 4 nitrogen and oxygen atoms in total. The molecule has 0 spiro atoms. The predicted octanol–water partition coefficient (Wildman–Crippen LogP) is 5.49. The van der Waals surface area contributed by atoms with Crippen LogP contribution in [0.5, 0.6) is 0 Å². The van der Waals surface area contributed by atoms with Crippen molar-refractivity contribution in [3.63, 3.8) is 0 Å². The number of ether oxygens (including phenoxy) is 1. The fraction of sp³-hybridized carbons (Fsp3) is 0.458. The van der Waals surface area contributed by atoms with E-state index >= 15 is 0 Å². The van der Waals surface area contributed by atoms with E-state index in [2.05, 4.69) is 45.6 Å². The highest BCUT2D eigenvalue weighted by Crippen LogP contribution is 2.54. The lowest BCUT2D eigenvalue weighted by atomic mass is 9.74. The number of amides is 1. The van der Waals surface area contributed by atoms with Gasteiger partial charge in [-0.25, -0.2) is 0 Å². The van der Waals surface area contributed by atoms with Gasteiger partial charge in [-0.2, -0.15) is 0 Å². The first-order valence-corrected chi connectivity index (χ1v) is 13.9. The topological polar surface area (TPSA) is 38.8 Å². The van der Waals surface area contributed by atoms with Crippen molar-refractivity contribution < 1.29 is 14.0 Å². The Kier molecular flexibility index (Phi) is 6.32. The molecule has 1 aliphatic heterocycles. The highest BCUT2D eigenvalue weighted by Gasteiger charge is 2.67. The SMILES string of the molecule is CCO[C@@]1(O[Si](C)(C)C)[C@H](C(C)C)N(C(=O)c2ccccc2)[C@@H]1c1ccccc1. The molecule has 3 atom stereocenters. The highest BCUT2D eigenvalue weighted by molar-refractivity contribution is 6.69. The van der Waals surface area contributed by atoms with Crippen LogP contribution in [0.25, 0.3) is 0 Å². The second-order valence-electron chi connectivity index (χ2n) is 8.95. The molecule has 1 saturated heterocycles. The monoisotopic (exact) mass is 411 g/mol. The van der Waals surface area contributed by atoms with E-state index in [0.717, 1.165) is 5.56 Å². The second-order valence-corrected chi connectivity index (χ2v) is 13.4. The summed E-state index contributed by atoms with van der Waals surface area (Å²) in [5, 5.41) is 0. The van der Waals surface area contributed by atoms with Crippen molar-refractivity contribution in [1.82, 2.24) is 4.90 Å². The third kappa shape index (κ3) is 4.18. The second kappa shape index (κ2) is 8.42. The quantitative estimate of drug-likeness (QED) is 0.446. The van der Waals surface area contributed by atoms with Gasteiger partial charge in [0.1, 0.15) is 6.04 Å². The van der Waals surface area contributed by atoms with Gasteiger partial charge in [-0.15, -0.1) is 0 Å². The lowest BCUT2D eigenvalue weighted by molar-refractivity contribution is -0.327. The van der Waals surface area contributed by atoms with Crippen molar-refractivity contribution in [2.24, 2.45) is 5.92 Å². The first-order chi connectivity index (χ1) is 13.7. The van der Waals surface area contributed by atoms with Crippen LogP contribution >= 0.6 is 0 Å². The minimum atomic E-state index is -1.97. The Balaban J connectivity index is 2.14. The van der Waals surface area contributed by atoms with Crippen LogP contribution in [0, 0.1) is 5.92 Å². The van der Waals surface area contributed by atoms with Gasteiger partial charge in [-0.05, 0) is 50.2 Å². The highest BCUT2D eigenvalue weighted by atomic mass is 28.4. The van der Waals surface area contributed by atoms with Crippen LogP contribution in [0.1, 0.15) is 42.7 Å². The van der Waals surface area contributed by atoms with Gasteiger partial charge in [-0.1, -0.05) is 62.4 Å². The molecule has 1 heterocycles. The molecule has 0 aliphatic carbocycles. The van der Waals surface area contributed by atoms with Crippen LogP contribution in [0.2, 0.25) is 19.6 Å². The van der Waals surface area contributed by atoms with Crippen molar-refractivity contribution in [1.29, 1.82) is 0 Å². The summed E-state index contributed by atoms with van der Waals surface area (Å²) in [5.74, 6) is -0.627. The first kappa shape index (κ1) is 21.7. The number of carbonyl (C=O) groups is 1. The smallest absolute Gasteiger partial charge is 0.255 e.